The molecule has 16 heteroatoms. The third-order valence-electron chi connectivity index (χ3n) is 7.88. The molecule has 0 saturated heterocycles. The number of hydrogen-bond acceptors (Lipinski definition) is 9. The van der Waals surface area contributed by atoms with Crippen LogP contribution in [0.25, 0.3) is 22.2 Å². The van der Waals surface area contributed by atoms with Gasteiger partial charge in [0.1, 0.15) is 28.2 Å². The van der Waals surface area contributed by atoms with Gasteiger partial charge >= 0.3 is 0 Å². The molecule has 0 spiro atoms. The molecule has 6 rings (SSSR count). The number of hydrogen-bond donors (Lipinski definition) is 3. The van der Waals surface area contributed by atoms with Crippen LogP contribution in [0.2, 0.25) is 0 Å². The summed E-state index contributed by atoms with van der Waals surface area (Å²) in [5, 5.41) is 14.6. The Labute approximate surface area is 280 Å². The number of imidazole rings is 2. The normalized spacial score (nSPS) is 11.5. The summed E-state index contributed by atoms with van der Waals surface area (Å²) in [4.78, 5) is 52.6. The van der Waals surface area contributed by atoms with E-state index in [0.717, 1.165) is 5.69 Å². The molecule has 0 unspecified atom stereocenters. The number of allylic oxidation sites excluding steroid dienone is 2. The summed E-state index contributed by atoms with van der Waals surface area (Å²) >= 11 is 0. The first-order chi connectivity index (χ1) is 23.6. The first kappa shape index (κ1) is 32.6. The average molecular weight is 665 g/mol. The van der Waals surface area contributed by atoms with Crippen molar-refractivity contribution in [2.24, 2.45) is 5.73 Å². The zero-order valence-electron chi connectivity index (χ0n) is 27.8. The van der Waals surface area contributed by atoms with E-state index in [2.05, 4.69) is 35.8 Å². The number of aryl methyl sites for hydroxylation is 4. The van der Waals surface area contributed by atoms with Crippen LogP contribution in [0, 0.1) is 13.8 Å². The Bertz CT molecular complexity index is 2250. The minimum atomic E-state index is -0.638. The number of aromatic nitrogens is 9. The highest BCUT2D eigenvalue weighted by molar-refractivity contribution is 6.04. The van der Waals surface area contributed by atoms with Crippen molar-refractivity contribution in [3.05, 3.63) is 83.1 Å². The predicted octanol–water partition coefficient (Wildman–Crippen LogP) is 3.70. The average Bonchev–Trinajstić information content (AvgIpc) is 3.85. The van der Waals surface area contributed by atoms with Gasteiger partial charge in [-0.3, -0.25) is 38.9 Å². The second-order valence-corrected chi connectivity index (χ2v) is 11.2. The van der Waals surface area contributed by atoms with Crippen LogP contribution >= 0.6 is 0 Å². The zero-order valence-corrected chi connectivity index (χ0v) is 27.8. The number of carbonyl (C=O) groups excluding carboxylic acids is 3. The van der Waals surface area contributed by atoms with Gasteiger partial charge in [-0.1, -0.05) is 12.2 Å². The van der Waals surface area contributed by atoms with E-state index in [-0.39, 0.29) is 24.0 Å². The second kappa shape index (κ2) is 13.4. The molecule has 5 aromatic heterocycles. The number of nitrogens with two attached hydrogens (primary N) is 1. The van der Waals surface area contributed by atoms with Crippen molar-refractivity contribution in [3.8, 4) is 5.75 Å². The molecule has 3 amide bonds. The van der Waals surface area contributed by atoms with Crippen molar-refractivity contribution in [2.45, 2.75) is 53.9 Å². The van der Waals surface area contributed by atoms with Crippen molar-refractivity contribution in [1.82, 2.24) is 43.6 Å². The molecule has 0 bridgehead atoms. The van der Waals surface area contributed by atoms with Crippen LogP contribution in [-0.2, 0) is 26.2 Å². The number of methoxy groups -OCH3 is 1. The number of nitrogens with zero attached hydrogens (tertiary/aromatic N) is 9. The van der Waals surface area contributed by atoms with Crippen LogP contribution in [0.15, 0.2) is 54.7 Å². The summed E-state index contributed by atoms with van der Waals surface area (Å²) in [5.74, 6) is -0.450. The largest absolute Gasteiger partial charge is 0.494 e. The van der Waals surface area contributed by atoms with Gasteiger partial charge in [0, 0.05) is 37.9 Å². The maximum atomic E-state index is 13.4. The highest BCUT2D eigenvalue weighted by atomic mass is 16.5. The number of ether oxygens (including phenoxy) is 1. The molecule has 0 radical (unpaired) electrons. The summed E-state index contributed by atoms with van der Waals surface area (Å²) in [6, 6.07) is 10.1. The van der Waals surface area contributed by atoms with Gasteiger partial charge in [-0.25, -0.2) is 15.0 Å². The Kier molecular flexibility index (Phi) is 8.94. The maximum absolute atomic E-state index is 13.4. The van der Waals surface area contributed by atoms with Gasteiger partial charge in [0.2, 0.25) is 17.8 Å². The Balaban J connectivity index is 1.33. The number of primary amides is 1. The van der Waals surface area contributed by atoms with E-state index in [9.17, 15) is 14.4 Å². The quantitative estimate of drug-likeness (QED) is 0.164. The predicted molar refractivity (Wildman–Crippen MR) is 183 cm³/mol. The molecule has 252 valence electrons. The number of amides is 3. The minimum absolute atomic E-state index is 0.216. The Hall–Kier alpha value is -6.32. The van der Waals surface area contributed by atoms with Gasteiger partial charge < -0.3 is 15.0 Å². The number of fused-ring (bicyclic) bond motifs is 2. The van der Waals surface area contributed by atoms with Gasteiger partial charge in [-0.15, -0.1) is 0 Å². The van der Waals surface area contributed by atoms with Crippen molar-refractivity contribution < 1.29 is 19.1 Å². The number of anilines is 2. The molecule has 0 aliphatic heterocycles. The Morgan fingerprint density at radius 3 is 1.98 bits per heavy atom. The van der Waals surface area contributed by atoms with E-state index in [1.165, 1.54) is 13.2 Å². The van der Waals surface area contributed by atoms with Crippen LogP contribution in [0.5, 0.6) is 5.75 Å². The second-order valence-electron chi connectivity index (χ2n) is 11.2. The van der Waals surface area contributed by atoms with Gasteiger partial charge in [0.05, 0.1) is 24.0 Å². The topological polar surface area (TPSA) is 195 Å². The lowest BCUT2D eigenvalue weighted by atomic mass is 10.1. The molecule has 1 aromatic carbocycles. The fourth-order valence-corrected chi connectivity index (χ4v) is 5.66. The molecule has 5 heterocycles. The summed E-state index contributed by atoms with van der Waals surface area (Å²) in [6.45, 7) is 9.07. The minimum Gasteiger partial charge on any atom is -0.494 e. The lowest BCUT2D eigenvalue weighted by Gasteiger charge is -2.11. The molecule has 0 saturated carbocycles. The van der Waals surface area contributed by atoms with E-state index in [1.54, 1.807) is 49.0 Å². The molecular formula is C33H36N12O4. The first-order valence-corrected chi connectivity index (χ1v) is 15.7. The molecule has 49 heavy (non-hydrogen) atoms. The first-order valence-electron chi connectivity index (χ1n) is 15.7. The van der Waals surface area contributed by atoms with Crippen LogP contribution in [0.1, 0.15) is 56.6 Å². The number of nitrogens with one attached hydrogen (secondary N) is 2. The third kappa shape index (κ3) is 6.35. The monoisotopic (exact) mass is 664 g/mol. The SMILES string of the molecule is CCn1nc(C)cc1C(=O)Nc1nc2cccnc2n1C/C=C/Cn1c(NC(=O)c2cc(C)nn2CC)nc2cc(C(N)=O)cc(OC)c21. The van der Waals surface area contributed by atoms with Crippen LogP contribution in [-0.4, -0.2) is 68.5 Å². The van der Waals surface area contributed by atoms with Crippen LogP contribution in [0.3, 0.4) is 0 Å². The number of benzene rings is 1. The smallest absolute Gasteiger partial charge is 0.276 e. The van der Waals surface area contributed by atoms with E-state index >= 15 is 0 Å². The Morgan fingerprint density at radius 2 is 1.41 bits per heavy atom. The van der Waals surface area contributed by atoms with E-state index < -0.39 is 11.8 Å². The van der Waals surface area contributed by atoms with Crippen LogP contribution < -0.4 is 21.1 Å². The van der Waals surface area contributed by atoms with E-state index in [0.29, 0.717) is 70.6 Å². The van der Waals surface area contributed by atoms with E-state index in [1.807, 2.05) is 45.9 Å². The van der Waals surface area contributed by atoms with Gasteiger partial charge in [-0.2, -0.15) is 10.2 Å². The molecule has 4 N–H and O–H groups in total. The summed E-state index contributed by atoms with van der Waals surface area (Å²) in [7, 11) is 1.48. The lowest BCUT2D eigenvalue weighted by molar-refractivity contribution is 0.0994. The molecule has 16 nitrogen and oxygen atoms in total. The molecule has 0 atom stereocenters. The van der Waals surface area contributed by atoms with Crippen molar-refractivity contribution >= 4 is 51.8 Å². The summed E-state index contributed by atoms with van der Waals surface area (Å²) in [5.41, 5.74) is 10.2. The van der Waals surface area contributed by atoms with E-state index in [4.69, 9.17) is 10.5 Å². The van der Waals surface area contributed by atoms with Crippen molar-refractivity contribution in [3.63, 3.8) is 0 Å². The number of carbonyl (C=O) groups is 3. The van der Waals surface area contributed by atoms with Gasteiger partial charge in [-0.05, 0) is 64.1 Å². The number of pyridine rings is 1. The van der Waals surface area contributed by atoms with Gasteiger partial charge in [0.25, 0.3) is 11.8 Å². The third-order valence-corrected chi connectivity index (χ3v) is 7.88. The maximum Gasteiger partial charge on any atom is 0.276 e. The highest BCUT2D eigenvalue weighted by Crippen LogP contribution is 2.31. The number of rotatable bonds is 12. The summed E-state index contributed by atoms with van der Waals surface area (Å²) in [6.07, 6.45) is 5.44. The molecule has 6 aromatic rings. The molecule has 0 aliphatic rings. The fraction of sp³-hybridized carbons (Fsp3) is 0.273. The fourth-order valence-electron chi connectivity index (χ4n) is 5.66. The molecule has 0 aliphatic carbocycles. The van der Waals surface area contributed by atoms with Crippen LogP contribution in [0.4, 0.5) is 11.9 Å². The van der Waals surface area contributed by atoms with Crippen molar-refractivity contribution in [1.29, 1.82) is 0 Å². The highest BCUT2D eigenvalue weighted by Gasteiger charge is 2.22. The standard InChI is InChI=1S/C33H36N12O4/c1-6-44-24(15-19(3)40-44)30(47)38-32-37-23-17-21(28(34)46)18-26(49-5)27(23)42(32)13-8-9-14-43-29-22(11-10-12-35-29)36-33(43)39-31(48)25-16-20(4)41-45(25)7-2/h8-12,15-18H,6-7,13-14H2,1-5H3,(H2,34,46)(H,36,39,48)(H,37,38,47)/b9-8+. The van der Waals surface area contributed by atoms with Gasteiger partial charge in [0.15, 0.2) is 5.65 Å². The lowest BCUT2D eigenvalue weighted by Crippen LogP contribution is -2.20. The summed E-state index contributed by atoms with van der Waals surface area (Å²) < 4.78 is 12.5. The zero-order chi connectivity index (χ0) is 34.8. The molecule has 0 fully saturated rings. The van der Waals surface area contributed by atoms with Crippen molar-refractivity contribution in [2.75, 3.05) is 17.7 Å². The Morgan fingerprint density at radius 1 is 0.837 bits per heavy atom. The molecular weight excluding hydrogens is 628 g/mol.